The molecule has 150 valence electrons. The summed E-state index contributed by atoms with van der Waals surface area (Å²) < 4.78 is 11.5. The normalized spacial score (nSPS) is 13.7. The number of carboxylic acid groups (broad SMARTS) is 1. The fourth-order valence-corrected chi connectivity index (χ4v) is 2.87. The van der Waals surface area contributed by atoms with Crippen LogP contribution in [0.4, 0.5) is 0 Å². The monoisotopic (exact) mass is 358 g/mol. The van der Waals surface area contributed by atoms with E-state index in [4.69, 9.17) is 14.6 Å². The molecule has 0 rings (SSSR count). The van der Waals surface area contributed by atoms with Crippen LogP contribution in [0, 0.1) is 0 Å². The predicted molar refractivity (Wildman–Crippen MR) is 104 cm³/mol. The summed E-state index contributed by atoms with van der Waals surface area (Å²) in [6.45, 7) is 7.89. The predicted octanol–water partition coefficient (Wildman–Crippen LogP) is 5.97. The van der Waals surface area contributed by atoms with Crippen LogP contribution < -0.4 is 0 Å². The highest BCUT2D eigenvalue weighted by atomic mass is 16.5. The van der Waals surface area contributed by atoms with Crippen molar-refractivity contribution in [3.63, 3.8) is 0 Å². The average Bonchev–Trinajstić information content (AvgIpc) is 2.58. The summed E-state index contributed by atoms with van der Waals surface area (Å²) in [7, 11) is 0. The van der Waals surface area contributed by atoms with Crippen LogP contribution in [-0.2, 0) is 14.3 Å². The maximum atomic E-state index is 10.4. The van der Waals surface area contributed by atoms with Gasteiger partial charge in [0.1, 0.15) is 0 Å². The van der Waals surface area contributed by atoms with Crippen LogP contribution in [0.3, 0.4) is 0 Å². The first-order valence-corrected chi connectivity index (χ1v) is 10.5. The first-order chi connectivity index (χ1) is 12.1. The van der Waals surface area contributed by atoms with Crippen LogP contribution in [0.25, 0.3) is 0 Å². The summed E-state index contributed by atoms with van der Waals surface area (Å²) in [4.78, 5) is 10.4. The van der Waals surface area contributed by atoms with Gasteiger partial charge in [-0.3, -0.25) is 4.79 Å². The van der Waals surface area contributed by atoms with Crippen molar-refractivity contribution >= 4 is 5.97 Å². The van der Waals surface area contributed by atoms with Gasteiger partial charge in [0.15, 0.2) is 0 Å². The number of aliphatic carboxylic acids is 1. The Labute approximate surface area is 155 Å². The molecule has 0 fully saturated rings. The van der Waals surface area contributed by atoms with Crippen molar-refractivity contribution in [1.29, 1.82) is 0 Å². The van der Waals surface area contributed by atoms with Crippen molar-refractivity contribution in [3.05, 3.63) is 0 Å². The molecule has 0 amide bonds. The van der Waals surface area contributed by atoms with Crippen LogP contribution in [0.15, 0.2) is 0 Å². The van der Waals surface area contributed by atoms with Crippen LogP contribution in [-0.4, -0.2) is 36.5 Å². The van der Waals surface area contributed by atoms with Crippen molar-refractivity contribution < 1.29 is 19.4 Å². The topological polar surface area (TPSA) is 55.8 Å². The fourth-order valence-electron chi connectivity index (χ4n) is 2.87. The van der Waals surface area contributed by atoms with E-state index in [0.29, 0.717) is 19.1 Å². The molecule has 0 aromatic rings. The van der Waals surface area contributed by atoms with Crippen LogP contribution >= 0.6 is 0 Å². The van der Waals surface area contributed by atoms with Crippen molar-refractivity contribution in [2.45, 2.75) is 116 Å². The van der Waals surface area contributed by atoms with Crippen LogP contribution in [0.1, 0.15) is 104 Å². The molecule has 0 heterocycles. The summed E-state index contributed by atoms with van der Waals surface area (Å²) in [6, 6.07) is 0. The number of unbranched alkanes of at least 4 members (excludes halogenated alkanes) is 9. The first-order valence-electron chi connectivity index (χ1n) is 10.5. The third-order valence-corrected chi connectivity index (χ3v) is 4.47. The van der Waals surface area contributed by atoms with Gasteiger partial charge < -0.3 is 14.6 Å². The summed E-state index contributed by atoms with van der Waals surface area (Å²) in [5, 5.41) is 8.56. The largest absolute Gasteiger partial charge is 0.481 e. The van der Waals surface area contributed by atoms with Gasteiger partial charge >= 0.3 is 5.97 Å². The van der Waals surface area contributed by atoms with Crippen molar-refractivity contribution in [2.75, 3.05) is 13.2 Å². The average molecular weight is 359 g/mol. The zero-order valence-electron chi connectivity index (χ0n) is 16.9. The summed E-state index contributed by atoms with van der Waals surface area (Å²) in [5.41, 5.74) is 0. The number of rotatable bonds is 19. The van der Waals surface area contributed by atoms with Gasteiger partial charge in [-0.1, -0.05) is 64.7 Å². The van der Waals surface area contributed by atoms with E-state index in [2.05, 4.69) is 20.8 Å². The third kappa shape index (κ3) is 19.6. The molecule has 2 unspecified atom stereocenters. The molecule has 4 heteroatoms. The van der Waals surface area contributed by atoms with Gasteiger partial charge in [0.05, 0.1) is 18.8 Å². The molecule has 0 saturated heterocycles. The minimum absolute atomic E-state index is 0.200. The van der Waals surface area contributed by atoms with Gasteiger partial charge in [-0.15, -0.1) is 0 Å². The van der Waals surface area contributed by atoms with Crippen molar-refractivity contribution in [3.8, 4) is 0 Å². The van der Waals surface area contributed by atoms with E-state index in [0.717, 1.165) is 32.3 Å². The summed E-state index contributed by atoms with van der Waals surface area (Å²) in [5.74, 6) is -0.668. The molecule has 0 aliphatic rings. The zero-order valence-corrected chi connectivity index (χ0v) is 16.9. The maximum Gasteiger partial charge on any atom is 0.303 e. The molecule has 0 aliphatic heterocycles. The SMILES string of the molecule is CCCOC(C)COC(C)CCCCCCCCCCCCC(=O)O. The summed E-state index contributed by atoms with van der Waals surface area (Å²) >= 11 is 0. The van der Waals surface area contributed by atoms with E-state index >= 15 is 0 Å². The molecule has 4 nitrogen and oxygen atoms in total. The van der Waals surface area contributed by atoms with Gasteiger partial charge in [-0.25, -0.2) is 0 Å². The lowest BCUT2D eigenvalue weighted by Crippen LogP contribution is -2.20. The molecule has 2 atom stereocenters. The zero-order chi connectivity index (χ0) is 18.8. The van der Waals surface area contributed by atoms with Gasteiger partial charge in [-0.05, 0) is 33.1 Å². The van der Waals surface area contributed by atoms with E-state index in [1.54, 1.807) is 0 Å². The Morgan fingerprint density at radius 1 is 0.800 bits per heavy atom. The van der Waals surface area contributed by atoms with Crippen LogP contribution in [0.5, 0.6) is 0 Å². The number of carboxylic acids is 1. The lowest BCUT2D eigenvalue weighted by molar-refractivity contribution is -0.137. The Morgan fingerprint density at radius 2 is 1.32 bits per heavy atom. The van der Waals surface area contributed by atoms with E-state index < -0.39 is 5.97 Å². The molecule has 0 radical (unpaired) electrons. The highest BCUT2D eigenvalue weighted by molar-refractivity contribution is 5.66. The fraction of sp³-hybridized carbons (Fsp3) is 0.952. The van der Waals surface area contributed by atoms with Gasteiger partial charge in [0, 0.05) is 13.0 Å². The molecule has 0 aliphatic carbocycles. The Morgan fingerprint density at radius 3 is 1.84 bits per heavy atom. The minimum atomic E-state index is -0.668. The van der Waals surface area contributed by atoms with E-state index in [1.807, 2.05) is 0 Å². The number of ether oxygens (including phenoxy) is 2. The molecule has 0 aromatic heterocycles. The molecule has 0 aromatic carbocycles. The number of hydrogen-bond acceptors (Lipinski definition) is 3. The lowest BCUT2D eigenvalue weighted by atomic mass is 10.0. The van der Waals surface area contributed by atoms with Crippen LogP contribution in [0.2, 0.25) is 0 Å². The second-order valence-electron chi connectivity index (χ2n) is 7.29. The maximum absolute atomic E-state index is 10.4. The van der Waals surface area contributed by atoms with E-state index in [9.17, 15) is 4.79 Å². The van der Waals surface area contributed by atoms with Gasteiger partial charge in [0.25, 0.3) is 0 Å². The third-order valence-electron chi connectivity index (χ3n) is 4.47. The molecular formula is C21H42O4. The van der Waals surface area contributed by atoms with E-state index in [-0.39, 0.29) is 6.10 Å². The quantitative estimate of drug-likeness (QED) is 0.289. The van der Waals surface area contributed by atoms with Gasteiger partial charge in [-0.2, -0.15) is 0 Å². The minimum Gasteiger partial charge on any atom is -0.481 e. The number of carbonyl (C=O) groups is 1. The Balaban J connectivity index is 3.23. The molecule has 25 heavy (non-hydrogen) atoms. The molecule has 1 N–H and O–H groups in total. The van der Waals surface area contributed by atoms with Gasteiger partial charge in [0.2, 0.25) is 0 Å². The Kier molecular flexibility index (Phi) is 17.7. The highest BCUT2D eigenvalue weighted by Gasteiger charge is 2.06. The second kappa shape index (κ2) is 18.2. The summed E-state index contributed by atoms with van der Waals surface area (Å²) in [6.07, 6.45) is 15.2. The smallest absolute Gasteiger partial charge is 0.303 e. The standard InChI is InChI=1S/C21H42O4/c1-4-17-24-20(3)18-25-19(2)15-13-11-9-7-5-6-8-10-12-14-16-21(22)23/h19-20H,4-18H2,1-3H3,(H,22,23). The highest BCUT2D eigenvalue weighted by Crippen LogP contribution is 2.13. The molecule has 0 spiro atoms. The molecular weight excluding hydrogens is 316 g/mol. The number of hydrogen-bond donors (Lipinski definition) is 1. The van der Waals surface area contributed by atoms with Crippen molar-refractivity contribution in [2.24, 2.45) is 0 Å². The van der Waals surface area contributed by atoms with Crippen molar-refractivity contribution in [1.82, 2.24) is 0 Å². The van der Waals surface area contributed by atoms with E-state index in [1.165, 1.54) is 51.4 Å². The Hall–Kier alpha value is -0.610. The molecule has 0 saturated carbocycles. The first kappa shape index (κ1) is 24.4. The Bertz CT molecular complexity index is 294. The molecule has 0 bridgehead atoms. The second-order valence-corrected chi connectivity index (χ2v) is 7.29. The lowest BCUT2D eigenvalue weighted by Gasteiger charge is -2.17.